The lowest BCUT2D eigenvalue weighted by atomic mass is 9.78. The zero-order chi connectivity index (χ0) is 12.5. The van der Waals surface area contributed by atoms with E-state index in [0.717, 1.165) is 32.2 Å². The highest BCUT2D eigenvalue weighted by Gasteiger charge is 2.33. The molecular formula is C11H23N3O2S. The molecule has 1 unspecified atom stereocenters. The summed E-state index contributed by atoms with van der Waals surface area (Å²) < 4.78 is 28.7. The zero-order valence-electron chi connectivity index (χ0n) is 10.6. The van der Waals surface area contributed by atoms with Crippen LogP contribution in [0.2, 0.25) is 0 Å². The monoisotopic (exact) mass is 261 g/mol. The molecule has 1 heterocycles. The van der Waals surface area contributed by atoms with Crippen LogP contribution < -0.4 is 14.8 Å². The minimum absolute atomic E-state index is 0.153. The van der Waals surface area contributed by atoms with Crippen molar-refractivity contribution >= 4 is 10.2 Å². The largest absolute Gasteiger partial charge is 0.312 e. The topological polar surface area (TPSA) is 70.2 Å². The van der Waals surface area contributed by atoms with Gasteiger partial charge in [-0.05, 0) is 37.6 Å². The van der Waals surface area contributed by atoms with Gasteiger partial charge in [0.15, 0.2) is 0 Å². The second-order valence-corrected chi connectivity index (χ2v) is 7.37. The normalized spacial score (nSPS) is 29.2. The van der Waals surface area contributed by atoms with Crippen molar-refractivity contribution in [1.82, 2.24) is 14.8 Å². The number of hydrogen-bond donors (Lipinski definition) is 3. The van der Waals surface area contributed by atoms with Crippen LogP contribution in [0.25, 0.3) is 0 Å². The molecule has 2 rings (SSSR count). The van der Waals surface area contributed by atoms with Crippen molar-refractivity contribution in [2.24, 2.45) is 5.41 Å². The molecule has 5 nitrogen and oxygen atoms in total. The van der Waals surface area contributed by atoms with Crippen LogP contribution in [0.15, 0.2) is 0 Å². The average molecular weight is 261 g/mol. The van der Waals surface area contributed by atoms with Gasteiger partial charge in [-0.2, -0.15) is 13.1 Å². The van der Waals surface area contributed by atoms with Crippen LogP contribution in [0.1, 0.15) is 39.5 Å². The Kier molecular flexibility index (Phi) is 3.77. The van der Waals surface area contributed by atoms with Crippen LogP contribution in [0.4, 0.5) is 0 Å². The van der Waals surface area contributed by atoms with Gasteiger partial charge < -0.3 is 5.32 Å². The molecule has 0 aromatic rings. The quantitative estimate of drug-likeness (QED) is 0.669. The van der Waals surface area contributed by atoms with Crippen LogP contribution >= 0.6 is 0 Å². The van der Waals surface area contributed by atoms with Gasteiger partial charge in [-0.1, -0.05) is 13.8 Å². The molecule has 6 heteroatoms. The molecule has 100 valence electrons. The molecule has 1 aliphatic carbocycles. The third kappa shape index (κ3) is 3.91. The van der Waals surface area contributed by atoms with Crippen LogP contribution in [0.5, 0.6) is 0 Å². The molecule has 0 aromatic heterocycles. The summed E-state index contributed by atoms with van der Waals surface area (Å²) in [6.07, 6.45) is 4.24. The van der Waals surface area contributed by atoms with Crippen LogP contribution in [0.3, 0.4) is 0 Å². The highest BCUT2D eigenvalue weighted by atomic mass is 32.2. The van der Waals surface area contributed by atoms with Gasteiger partial charge in [0, 0.05) is 18.6 Å². The average Bonchev–Trinajstić information content (AvgIpc) is 2.98. The second-order valence-electron chi connectivity index (χ2n) is 5.84. The summed E-state index contributed by atoms with van der Waals surface area (Å²) in [6, 6.07) is 0.381. The standard InChI is InChI=1S/C11H23N3O2S/c1-11(2)6-3-7-12-10(11)8-13-17(15,16)14-9-4-5-9/h9-10,12-14H,3-8H2,1-2H3. The van der Waals surface area contributed by atoms with Gasteiger partial charge in [-0.25, -0.2) is 4.72 Å². The van der Waals surface area contributed by atoms with Crippen molar-refractivity contribution in [2.45, 2.75) is 51.6 Å². The molecule has 3 N–H and O–H groups in total. The predicted molar refractivity (Wildman–Crippen MR) is 67.9 cm³/mol. The van der Waals surface area contributed by atoms with Crippen LogP contribution in [-0.4, -0.2) is 33.6 Å². The van der Waals surface area contributed by atoms with E-state index in [0.29, 0.717) is 6.54 Å². The van der Waals surface area contributed by atoms with Crippen molar-refractivity contribution in [3.8, 4) is 0 Å². The van der Waals surface area contributed by atoms with E-state index in [4.69, 9.17) is 0 Å². The molecule has 0 spiro atoms. The SMILES string of the molecule is CC1(C)CCCNC1CNS(=O)(=O)NC1CC1. The highest BCUT2D eigenvalue weighted by molar-refractivity contribution is 7.87. The van der Waals surface area contributed by atoms with Crippen molar-refractivity contribution in [3.05, 3.63) is 0 Å². The first-order valence-electron chi connectivity index (χ1n) is 6.39. The summed E-state index contributed by atoms with van der Waals surface area (Å²) in [5, 5.41) is 3.40. The first kappa shape index (κ1) is 13.3. The molecule has 0 aromatic carbocycles. The lowest BCUT2D eigenvalue weighted by Gasteiger charge is -2.39. The van der Waals surface area contributed by atoms with Crippen LogP contribution in [0, 0.1) is 5.41 Å². The Morgan fingerprint density at radius 3 is 2.65 bits per heavy atom. The maximum absolute atomic E-state index is 11.7. The fraction of sp³-hybridized carbons (Fsp3) is 1.00. The fourth-order valence-electron chi connectivity index (χ4n) is 2.27. The Labute approximate surface area is 104 Å². The molecule has 1 saturated heterocycles. The highest BCUT2D eigenvalue weighted by Crippen LogP contribution is 2.29. The number of hydrogen-bond acceptors (Lipinski definition) is 3. The molecule has 2 aliphatic rings. The van der Waals surface area contributed by atoms with E-state index in [-0.39, 0.29) is 17.5 Å². The third-order valence-electron chi connectivity index (χ3n) is 3.71. The molecular weight excluding hydrogens is 238 g/mol. The van der Waals surface area contributed by atoms with Crippen molar-refractivity contribution in [1.29, 1.82) is 0 Å². The van der Waals surface area contributed by atoms with E-state index < -0.39 is 10.2 Å². The lowest BCUT2D eigenvalue weighted by molar-refractivity contribution is 0.181. The molecule has 2 fully saturated rings. The third-order valence-corrected chi connectivity index (χ3v) is 4.90. The summed E-state index contributed by atoms with van der Waals surface area (Å²) in [4.78, 5) is 0. The van der Waals surface area contributed by atoms with Gasteiger partial charge >= 0.3 is 0 Å². The molecule has 17 heavy (non-hydrogen) atoms. The molecule has 0 radical (unpaired) electrons. The minimum Gasteiger partial charge on any atom is -0.312 e. The molecule has 0 bridgehead atoms. The van der Waals surface area contributed by atoms with Gasteiger partial charge in [0.1, 0.15) is 0 Å². The Hall–Kier alpha value is -0.170. The van der Waals surface area contributed by atoms with Gasteiger partial charge in [-0.3, -0.25) is 0 Å². The summed E-state index contributed by atoms with van der Waals surface area (Å²) in [5.41, 5.74) is 0.153. The van der Waals surface area contributed by atoms with Crippen molar-refractivity contribution in [2.75, 3.05) is 13.1 Å². The molecule has 0 amide bonds. The van der Waals surface area contributed by atoms with Crippen molar-refractivity contribution < 1.29 is 8.42 Å². The fourth-order valence-corrected chi connectivity index (χ4v) is 3.42. The summed E-state index contributed by atoms with van der Waals surface area (Å²) >= 11 is 0. The predicted octanol–water partition coefficient (Wildman–Crippen LogP) is 0.351. The van der Waals surface area contributed by atoms with E-state index in [1.54, 1.807) is 0 Å². The maximum Gasteiger partial charge on any atom is 0.277 e. The number of piperidine rings is 1. The van der Waals surface area contributed by atoms with E-state index in [2.05, 4.69) is 28.6 Å². The van der Waals surface area contributed by atoms with Gasteiger partial charge in [0.05, 0.1) is 0 Å². The Balaban J connectivity index is 1.83. The first-order valence-corrected chi connectivity index (χ1v) is 7.88. The molecule has 1 atom stereocenters. The van der Waals surface area contributed by atoms with Gasteiger partial charge in [-0.15, -0.1) is 0 Å². The van der Waals surface area contributed by atoms with E-state index in [1.165, 1.54) is 0 Å². The van der Waals surface area contributed by atoms with Crippen molar-refractivity contribution in [3.63, 3.8) is 0 Å². The maximum atomic E-state index is 11.7. The minimum atomic E-state index is -3.31. The Morgan fingerprint density at radius 1 is 1.35 bits per heavy atom. The van der Waals surface area contributed by atoms with E-state index in [1.807, 2.05) is 0 Å². The van der Waals surface area contributed by atoms with E-state index >= 15 is 0 Å². The second kappa shape index (κ2) is 4.84. The number of nitrogens with one attached hydrogen (secondary N) is 3. The van der Waals surface area contributed by atoms with E-state index in [9.17, 15) is 8.42 Å². The number of rotatable bonds is 5. The lowest BCUT2D eigenvalue weighted by Crippen LogP contribution is -2.54. The van der Waals surface area contributed by atoms with Gasteiger partial charge in [0.2, 0.25) is 0 Å². The Bertz CT molecular complexity index is 363. The summed E-state index contributed by atoms with van der Waals surface area (Å²) in [6.45, 7) is 5.82. The molecule has 1 saturated carbocycles. The molecule has 1 aliphatic heterocycles. The zero-order valence-corrected chi connectivity index (χ0v) is 11.4. The first-order chi connectivity index (χ1) is 7.89. The Morgan fingerprint density at radius 2 is 2.06 bits per heavy atom. The summed E-state index contributed by atoms with van der Waals surface area (Å²) in [5.74, 6) is 0. The van der Waals surface area contributed by atoms with Crippen LogP contribution in [-0.2, 0) is 10.2 Å². The smallest absolute Gasteiger partial charge is 0.277 e. The van der Waals surface area contributed by atoms with Gasteiger partial charge in [0.25, 0.3) is 10.2 Å². The summed E-state index contributed by atoms with van der Waals surface area (Å²) in [7, 11) is -3.31.